The Morgan fingerprint density at radius 3 is 2.85 bits per heavy atom. The maximum absolute atomic E-state index is 13.0. The molecular formula is C18H22N6O3. The van der Waals surface area contributed by atoms with Crippen LogP contribution >= 0.6 is 0 Å². The summed E-state index contributed by atoms with van der Waals surface area (Å²) in [6.07, 6.45) is 6.76. The van der Waals surface area contributed by atoms with Gasteiger partial charge in [-0.1, -0.05) is 0 Å². The lowest BCUT2D eigenvalue weighted by Gasteiger charge is -2.40. The van der Waals surface area contributed by atoms with Crippen molar-refractivity contribution >= 4 is 17.8 Å². The predicted octanol–water partition coefficient (Wildman–Crippen LogP) is 1.08. The summed E-state index contributed by atoms with van der Waals surface area (Å²) in [5, 5.41) is 9.26. The van der Waals surface area contributed by atoms with E-state index in [-0.39, 0.29) is 22.7 Å². The van der Waals surface area contributed by atoms with Crippen LogP contribution in [0.5, 0.6) is 0 Å². The third-order valence-corrected chi connectivity index (χ3v) is 5.55. The van der Waals surface area contributed by atoms with Gasteiger partial charge in [0.25, 0.3) is 5.91 Å². The Balaban J connectivity index is 1.65. The summed E-state index contributed by atoms with van der Waals surface area (Å²) in [7, 11) is 3.82. The van der Waals surface area contributed by atoms with E-state index in [2.05, 4.69) is 15.0 Å². The van der Waals surface area contributed by atoms with E-state index in [1.54, 1.807) is 4.90 Å². The molecule has 142 valence electrons. The van der Waals surface area contributed by atoms with Crippen molar-refractivity contribution in [3.8, 4) is 0 Å². The number of carboxylic acid groups (broad SMARTS) is 1. The van der Waals surface area contributed by atoms with Crippen LogP contribution in [0.2, 0.25) is 0 Å². The number of nitrogens with zero attached hydrogens (tertiary/aromatic N) is 5. The van der Waals surface area contributed by atoms with Gasteiger partial charge >= 0.3 is 5.97 Å². The summed E-state index contributed by atoms with van der Waals surface area (Å²) in [5.74, 6) is -0.862. The third-order valence-electron chi connectivity index (χ3n) is 5.55. The minimum absolute atomic E-state index is 0.0329. The number of amides is 1. The number of anilines is 1. The summed E-state index contributed by atoms with van der Waals surface area (Å²) in [4.78, 5) is 43.6. The van der Waals surface area contributed by atoms with Crippen LogP contribution in [-0.2, 0) is 11.8 Å². The van der Waals surface area contributed by atoms with Gasteiger partial charge in [0.15, 0.2) is 11.4 Å². The molecule has 1 saturated heterocycles. The van der Waals surface area contributed by atoms with Crippen molar-refractivity contribution in [1.82, 2.24) is 24.8 Å². The van der Waals surface area contributed by atoms with Crippen molar-refractivity contribution in [3.63, 3.8) is 0 Å². The van der Waals surface area contributed by atoms with Crippen molar-refractivity contribution < 1.29 is 14.7 Å². The lowest BCUT2D eigenvalue weighted by Crippen LogP contribution is -2.48. The second-order valence-electron chi connectivity index (χ2n) is 7.48. The van der Waals surface area contributed by atoms with Gasteiger partial charge in [-0.3, -0.25) is 4.79 Å². The number of aromatic carboxylic acids is 1. The first-order valence-electron chi connectivity index (χ1n) is 9.01. The summed E-state index contributed by atoms with van der Waals surface area (Å²) in [6, 6.07) is 0. The standard InChI is InChI=1S/C18H22N6O3/c1-23(2)17-19-8-11-4-6-18(14(11)22-17)5-3-7-24(9-18)15(25)12-13(16(26)27)21-10-20-12/h8,10H,3-7,9H2,1-2H3,(H,20,21)(H,26,27). The molecule has 1 aliphatic carbocycles. The molecule has 1 amide bonds. The monoisotopic (exact) mass is 370 g/mol. The number of carboxylic acids is 1. The zero-order valence-corrected chi connectivity index (χ0v) is 15.4. The van der Waals surface area contributed by atoms with Crippen LogP contribution in [0.25, 0.3) is 0 Å². The SMILES string of the molecule is CN(C)c1ncc2c(n1)C1(CCCN(C(=O)c3nc[nH]c3C(=O)O)C1)CC2. The zero-order valence-electron chi connectivity index (χ0n) is 15.4. The van der Waals surface area contributed by atoms with Gasteiger partial charge in [0.05, 0.1) is 12.0 Å². The number of rotatable bonds is 3. The van der Waals surface area contributed by atoms with Crippen LogP contribution in [0.3, 0.4) is 0 Å². The van der Waals surface area contributed by atoms with E-state index in [1.807, 2.05) is 25.2 Å². The number of hydrogen-bond donors (Lipinski definition) is 2. The van der Waals surface area contributed by atoms with E-state index in [9.17, 15) is 14.7 Å². The van der Waals surface area contributed by atoms with E-state index in [4.69, 9.17) is 4.98 Å². The molecular weight excluding hydrogens is 348 g/mol. The normalized spacial score (nSPS) is 21.3. The Kier molecular flexibility index (Phi) is 4.09. The highest BCUT2D eigenvalue weighted by Crippen LogP contribution is 2.44. The molecule has 4 rings (SSSR count). The Bertz CT molecular complexity index is 904. The van der Waals surface area contributed by atoms with Crippen LogP contribution in [0.15, 0.2) is 12.5 Å². The molecule has 0 saturated carbocycles. The summed E-state index contributed by atoms with van der Waals surface area (Å²) in [6.45, 7) is 1.11. The molecule has 2 N–H and O–H groups in total. The highest BCUT2D eigenvalue weighted by molar-refractivity contribution is 6.02. The largest absolute Gasteiger partial charge is 0.477 e. The first-order valence-corrected chi connectivity index (χ1v) is 9.01. The Hall–Kier alpha value is -2.97. The van der Waals surface area contributed by atoms with E-state index >= 15 is 0 Å². The van der Waals surface area contributed by atoms with E-state index in [0.717, 1.165) is 36.9 Å². The third kappa shape index (κ3) is 2.83. The second-order valence-corrected chi connectivity index (χ2v) is 7.48. The van der Waals surface area contributed by atoms with Crippen molar-refractivity contribution in [2.24, 2.45) is 0 Å². The second kappa shape index (κ2) is 6.33. The first-order chi connectivity index (χ1) is 12.9. The number of likely N-dealkylation sites (tertiary alicyclic amines) is 1. The van der Waals surface area contributed by atoms with E-state index in [0.29, 0.717) is 19.0 Å². The fourth-order valence-corrected chi connectivity index (χ4v) is 4.22. The Morgan fingerprint density at radius 1 is 1.30 bits per heavy atom. The highest BCUT2D eigenvalue weighted by atomic mass is 16.4. The summed E-state index contributed by atoms with van der Waals surface area (Å²) >= 11 is 0. The lowest BCUT2D eigenvalue weighted by atomic mass is 9.77. The van der Waals surface area contributed by atoms with Crippen molar-refractivity contribution in [2.75, 3.05) is 32.1 Å². The number of carbonyl (C=O) groups excluding carboxylic acids is 1. The van der Waals surface area contributed by atoms with Gasteiger partial charge in [-0.15, -0.1) is 0 Å². The number of fused-ring (bicyclic) bond motifs is 2. The van der Waals surface area contributed by atoms with Gasteiger partial charge in [-0.2, -0.15) is 0 Å². The highest BCUT2D eigenvalue weighted by Gasteiger charge is 2.45. The quantitative estimate of drug-likeness (QED) is 0.831. The summed E-state index contributed by atoms with van der Waals surface area (Å²) in [5.41, 5.74) is 1.77. The van der Waals surface area contributed by atoms with Gasteiger partial charge in [-0.05, 0) is 31.2 Å². The Labute approximate surface area is 156 Å². The number of nitrogens with one attached hydrogen (secondary N) is 1. The fourth-order valence-electron chi connectivity index (χ4n) is 4.22. The molecule has 3 heterocycles. The van der Waals surface area contributed by atoms with Gasteiger partial charge < -0.3 is 19.9 Å². The molecule has 2 aromatic heterocycles. The van der Waals surface area contributed by atoms with Crippen LogP contribution in [0, 0.1) is 0 Å². The molecule has 1 fully saturated rings. The number of aromatic nitrogens is 4. The van der Waals surface area contributed by atoms with Crippen molar-refractivity contribution in [2.45, 2.75) is 31.1 Å². The Morgan fingerprint density at radius 2 is 2.11 bits per heavy atom. The van der Waals surface area contributed by atoms with E-state index < -0.39 is 5.97 Å². The number of hydrogen-bond acceptors (Lipinski definition) is 6. The lowest BCUT2D eigenvalue weighted by molar-refractivity contribution is 0.0606. The molecule has 1 spiro atoms. The topological polar surface area (TPSA) is 115 Å². The maximum Gasteiger partial charge on any atom is 0.354 e. The van der Waals surface area contributed by atoms with Gasteiger partial charge in [0.1, 0.15) is 0 Å². The number of imidazole rings is 1. The fraction of sp³-hybridized carbons (Fsp3) is 0.500. The number of piperidine rings is 1. The number of aromatic amines is 1. The molecule has 27 heavy (non-hydrogen) atoms. The predicted molar refractivity (Wildman–Crippen MR) is 97.0 cm³/mol. The van der Waals surface area contributed by atoms with Crippen LogP contribution < -0.4 is 4.90 Å². The van der Waals surface area contributed by atoms with Gasteiger partial charge in [0, 0.05) is 38.8 Å². The molecule has 2 aromatic rings. The zero-order chi connectivity index (χ0) is 19.2. The molecule has 9 heteroatoms. The van der Waals surface area contributed by atoms with Crippen molar-refractivity contribution in [3.05, 3.63) is 35.2 Å². The molecule has 2 aliphatic rings. The van der Waals surface area contributed by atoms with Gasteiger partial charge in [-0.25, -0.2) is 19.7 Å². The van der Waals surface area contributed by atoms with Gasteiger partial charge in [0.2, 0.25) is 5.95 Å². The average Bonchev–Trinajstić information content (AvgIpc) is 3.27. The number of carbonyl (C=O) groups is 2. The molecule has 9 nitrogen and oxygen atoms in total. The molecule has 0 bridgehead atoms. The minimum Gasteiger partial charge on any atom is -0.477 e. The molecule has 1 unspecified atom stereocenters. The summed E-state index contributed by atoms with van der Waals surface area (Å²) < 4.78 is 0. The van der Waals surface area contributed by atoms with Crippen LogP contribution in [-0.4, -0.2) is 69.0 Å². The molecule has 1 aliphatic heterocycles. The van der Waals surface area contributed by atoms with Crippen LogP contribution in [0.1, 0.15) is 51.5 Å². The minimum atomic E-state index is -1.18. The first kappa shape index (κ1) is 17.4. The van der Waals surface area contributed by atoms with Crippen LogP contribution in [0.4, 0.5) is 5.95 Å². The molecule has 0 radical (unpaired) electrons. The number of H-pyrrole nitrogens is 1. The smallest absolute Gasteiger partial charge is 0.354 e. The maximum atomic E-state index is 13.0. The number of aryl methyl sites for hydroxylation is 1. The average molecular weight is 370 g/mol. The van der Waals surface area contributed by atoms with E-state index in [1.165, 1.54) is 6.33 Å². The molecule has 0 aromatic carbocycles. The molecule has 1 atom stereocenters. The van der Waals surface area contributed by atoms with Crippen molar-refractivity contribution in [1.29, 1.82) is 0 Å².